The molecule has 0 saturated carbocycles. The van der Waals surface area contributed by atoms with Gasteiger partial charge in [0.1, 0.15) is 0 Å². The Balaban J connectivity index is 2.28. The van der Waals surface area contributed by atoms with E-state index in [0.29, 0.717) is 16.2 Å². The number of fused-ring (bicyclic) bond motifs is 1. The van der Waals surface area contributed by atoms with Crippen LogP contribution in [0.5, 0.6) is 0 Å². The van der Waals surface area contributed by atoms with Gasteiger partial charge >= 0.3 is 12.1 Å². The van der Waals surface area contributed by atoms with E-state index in [1.165, 1.54) is 6.07 Å². The van der Waals surface area contributed by atoms with Gasteiger partial charge in [0.05, 0.1) is 4.90 Å². The number of pyridine rings is 1. The van der Waals surface area contributed by atoms with Gasteiger partial charge in [-0.2, -0.15) is 13.2 Å². The van der Waals surface area contributed by atoms with Crippen LogP contribution in [0.3, 0.4) is 0 Å². The molecule has 0 N–H and O–H groups in total. The van der Waals surface area contributed by atoms with E-state index >= 15 is 0 Å². The summed E-state index contributed by atoms with van der Waals surface area (Å²) >= 11 is 0. The average molecular weight is 294 g/mol. The maximum Gasteiger partial charge on any atom is 0.471 e. The van der Waals surface area contributed by atoms with Gasteiger partial charge in [0.2, 0.25) is 0 Å². The van der Waals surface area contributed by atoms with Crippen LogP contribution in [0, 0.1) is 0 Å². The third-order valence-corrected chi connectivity index (χ3v) is 3.43. The van der Waals surface area contributed by atoms with Crippen molar-refractivity contribution in [1.82, 2.24) is 9.88 Å². The van der Waals surface area contributed by atoms with E-state index in [9.17, 15) is 26.4 Å². The molecular weight excluding hydrogens is 285 g/mol. The minimum Gasteiger partial charge on any atom is -0.330 e. The molecule has 1 aromatic heterocycles. The summed E-state index contributed by atoms with van der Waals surface area (Å²) in [5.74, 6) is -1.92. The molecule has 2 rings (SSSR count). The first kappa shape index (κ1) is 13.8. The van der Waals surface area contributed by atoms with Crippen molar-refractivity contribution in [2.75, 3.05) is 6.54 Å². The van der Waals surface area contributed by atoms with Crippen LogP contribution in [0.4, 0.5) is 13.2 Å². The smallest absolute Gasteiger partial charge is 0.330 e. The molecule has 0 bridgehead atoms. The molecule has 1 aliphatic rings. The third-order valence-electron chi connectivity index (χ3n) is 2.77. The highest BCUT2D eigenvalue weighted by Gasteiger charge is 2.43. The number of thiol groups is 1. The van der Waals surface area contributed by atoms with Crippen LogP contribution in [-0.4, -0.2) is 36.9 Å². The van der Waals surface area contributed by atoms with Crippen molar-refractivity contribution in [3.8, 4) is 0 Å². The van der Waals surface area contributed by atoms with Gasteiger partial charge in [0.15, 0.2) is 10.7 Å². The van der Waals surface area contributed by atoms with Gasteiger partial charge in [0, 0.05) is 31.4 Å². The molecule has 0 radical (unpaired) electrons. The van der Waals surface area contributed by atoms with E-state index in [1.54, 1.807) is 0 Å². The number of carbonyl (C=O) groups is 1. The Morgan fingerprint density at radius 2 is 2.05 bits per heavy atom. The van der Waals surface area contributed by atoms with Crippen LogP contribution in [0.1, 0.15) is 11.3 Å². The molecule has 5 nitrogen and oxygen atoms in total. The number of alkyl halides is 3. The summed E-state index contributed by atoms with van der Waals surface area (Å²) in [6.45, 7) is -0.362. The number of halogens is 3. The second kappa shape index (κ2) is 4.80. The van der Waals surface area contributed by atoms with Crippen molar-refractivity contribution in [3.63, 3.8) is 0 Å². The van der Waals surface area contributed by atoms with Gasteiger partial charge < -0.3 is 4.90 Å². The molecule has 1 aromatic rings. The van der Waals surface area contributed by atoms with E-state index in [4.69, 9.17) is 0 Å². The van der Waals surface area contributed by atoms with Gasteiger partial charge in [-0.05, 0) is 11.6 Å². The summed E-state index contributed by atoms with van der Waals surface area (Å²) in [6.07, 6.45) is -3.59. The summed E-state index contributed by atoms with van der Waals surface area (Å²) in [5, 5.41) is 0. The molecule has 1 amide bonds. The van der Waals surface area contributed by atoms with Crippen molar-refractivity contribution >= 4 is 16.6 Å². The Hall–Kier alpha value is -1.64. The SMILES string of the molecule is O=C(N1CCc2ncc([SH](=O)=O)cc2C1)C(F)(F)F. The molecule has 0 aliphatic carbocycles. The molecule has 0 unspecified atom stereocenters. The van der Waals surface area contributed by atoms with Gasteiger partial charge in [0.25, 0.3) is 0 Å². The maximum absolute atomic E-state index is 12.3. The van der Waals surface area contributed by atoms with Crippen molar-refractivity contribution < 1.29 is 26.4 Å². The Labute approximate surface area is 108 Å². The van der Waals surface area contributed by atoms with Crippen molar-refractivity contribution in [2.24, 2.45) is 0 Å². The molecule has 19 heavy (non-hydrogen) atoms. The lowest BCUT2D eigenvalue weighted by Crippen LogP contribution is -2.43. The van der Waals surface area contributed by atoms with Gasteiger partial charge in [-0.25, -0.2) is 8.42 Å². The molecule has 0 aromatic carbocycles. The van der Waals surface area contributed by atoms with Gasteiger partial charge in [-0.15, -0.1) is 0 Å². The molecule has 2 heterocycles. The second-order valence-corrected chi connectivity index (χ2v) is 5.06. The lowest BCUT2D eigenvalue weighted by Gasteiger charge is -2.28. The average Bonchev–Trinajstić information content (AvgIpc) is 2.35. The lowest BCUT2D eigenvalue weighted by molar-refractivity contribution is -0.186. The zero-order valence-electron chi connectivity index (χ0n) is 9.48. The van der Waals surface area contributed by atoms with Crippen LogP contribution >= 0.6 is 0 Å². The number of rotatable bonds is 1. The Morgan fingerprint density at radius 1 is 1.37 bits per heavy atom. The molecule has 104 valence electrons. The van der Waals surface area contributed by atoms with E-state index in [0.717, 1.165) is 6.20 Å². The van der Waals surface area contributed by atoms with E-state index in [-0.39, 0.29) is 24.4 Å². The standard InChI is InChI=1S/C10H9F3N2O3S/c11-10(12,13)9(16)15-2-1-8-6(5-15)3-7(4-14-8)19(17)18/h3-4,19H,1-2,5H2. The van der Waals surface area contributed by atoms with Crippen LogP contribution in [-0.2, 0) is 28.5 Å². The predicted octanol–water partition coefficient (Wildman–Crippen LogP) is 0.499. The molecule has 0 spiro atoms. The summed E-state index contributed by atoms with van der Waals surface area (Å²) in [5.41, 5.74) is 0.854. The predicted molar refractivity (Wildman–Crippen MR) is 58.0 cm³/mol. The van der Waals surface area contributed by atoms with E-state index in [2.05, 4.69) is 4.98 Å². The first-order valence-electron chi connectivity index (χ1n) is 5.27. The minimum atomic E-state index is -4.92. The third kappa shape index (κ3) is 2.86. The molecule has 1 aliphatic heterocycles. The summed E-state index contributed by atoms with van der Waals surface area (Å²) in [7, 11) is -2.85. The number of nitrogens with zero attached hydrogens (tertiary/aromatic N) is 2. The number of amides is 1. The summed E-state index contributed by atoms with van der Waals surface area (Å²) in [6, 6.07) is 1.25. The van der Waals surface area contributed by atoms with Crippen LogP contribution < -0.4 is 0 Å². The van der Waals surface area contributed by atoms with E-state index < -0.39 is 22.8 Å². The van der Waals surface area contributed by atoms with Crippen molar-refractivity contribution in [2.45, 2.75) is 24.0 Å². The minimum absolute atomic E-state index is 0.0740. The number of carbonyl (C=O) groups excluding carboxylic acids is 1. The normalized spacial score (nSPS) is 15.5. The summed E-state index contributed by atoms with van der Waals surface area (Å²) < 4.78 is 58.5. The van der Waals surface area contributed by atoms with Crippen LogP contribution in [0.25, 0.3) is 0 Å². The zero-order valence-corrected chi connectivity index (χ0v) is 10.4. The highest BCUT2D eigenvalue weighted by molar-refractivity contribution is 7.72. The highest BCUT2D eigenvalue weighted by atomic mass is 32.2. The fraction of sp³-hybridized carbons (Fsp3) is 0.400. The molecule has 9 heteroatoms. The van der Waals surface area contributed by atoms with Crippen molar-refractivity contribution in [1.29, 1.82) is 0 Å². The maximum atomic E-state index is 12.3. The quantitative estimate of drug-likeness (QED) is 0.766. The topological polar surface area (TPSA) is 67.3 Å². The number of aromatic nitrogens is 1. The monoisotopic (exact) mass is 294 g/mol. The first-order chi connectivity index (χ1) is 8.79. The first-order valence-corrected chi connectivity index (χ1v) is 6.45. The molecule has 0 atom stereocenters. The largest absolute Gasteiger partial charge is 0.471 e. The second-order valence-electron chi connectivity index (χ2n) is 4.03. The Kier molecular flexibility index (Phi) is 3.48. The fourth-order valence-corrected chi connectivity index (χ4v) is 2.28. The Morgan fingerprint density at radius 3 is 2.63 bits per heavy atom. The zero-order chi connectivity index (χ0) is 14.2. The Bertz CT molecular complexity index is 590. The highest BCUT2D eigenvalue weighted by Crippen LogP contribution is 2.24. The van der Waals surface area contributed by atoms with Gasteiger partial charge in [-0.3, -0.25) is 9.78 Å². The van der Waals surface area contributed by atoms with Crippen LogP contribution in [0.15, 0.2) is 17.2 Å². The molecule has 0 fully saturated rings. The van der Waals surface area contributed by atoms with Crippen LogP contribution in [0.2, 0.25) is 0 Å². The summed E-state index contributed by atoms with van der Waals surface area (Å²) in [4.78, 5) is 15.6. The number of hydrogen-bond acceptors (Lipinski definition) is 4. The molecule has 0 saturated heterocycles. The van der Waals surface area contributed by atoms with Gasteiger partial charge in [-0.1, -0.05) is 0 Å². The fourth-order valence-electron chi connectivity index (χ4n) is 1.87. The molecular formula is C10H9F3N2O3S. The lowest BCUT2D eigenvalue weighted by atomic mass is 10.1. The van der Waals surface area contributed by atoms with Crippen molar-refractivity contribution in [3.05, 3.63) is 23.5 Å². The number of hydrogen-bond donors (Lipinski definition) is 1. The van der Waals surface area contributed by atoms with E-state index in [1.807, 2.05) is 0 Å².